The molecule has 11 aromatic rings. The Balaban J connectivity index is 1.15. The Morgan fingerprint density at radius 1 is 0.302 bits per heavy atom. The van der Waals surface area contributed by atoms with Gasteiger partial charge < -0.3 is 0 Å². The van der Waals surface area contributed by atoms with Crippen LogP contribution in [-0.2, 0) is 0 Å². The van der Waals surface area contributed by atoms with Crippen LogP contribution in [0.15, 0.2) is 194 Å². The van der Waals surface area contributed by atoms with Gasteiger partial charge in [-0.25, -0.2) is 4.98 Å². The summed E-state index contributed by atoms with van der Waals surface area (Å²) in [6.45, 7) is 0. The van der Waals surface area contributed by atoms with Crippen LogP contribution >= 0.6 is 0 Å². The molecule has 0 aliphatic rings. The van der Waals surface area contributed by atoms with Crippen LogP contribution in [0, 0.1) is 0 Å². The van der Waals surface area contributed by atoms with Gasteiger partial charge in [-0.1, -0.05) is 158 Å². The molecule has 10 aromatic carbocycles. The lowest BCUT2D eigenvalue weighted by Gasteiger charge is -2.18. The Morgan fingerprint density at radius 2 is 0.736 bits per heavy atom. The third kappa shape index (κ3) is 4.63. The molecular formula is C51H32N2. The molecular weight excluding hydrogens is 641 g/mol. The molecule has 1 aromatic heterocycles. The largest absolute Gasteiger partial charge is 0.292 e. The second-order valence-corrected chi connectivity index (χ2v) is 13.9. The average molecular weight is 673 g/mol. The quantitative estimate of drug-likeness (QED) is 0.170. The summed E-state index contributed by atoms with van der Waals surface area (Å²) in [4.78, 5) is 5.11. The third-order valence-electron chi connectivity index (χ3n) is 11.0. The maximum absolute atomic E-state index is 5.11. The highest BCUT2D eigenvalue weighted by Crippen LogP contribution is 2.45. The molecule has 0 radical (unpaired) electrons. The van der Waals surface area contributed by atoms with E-state index in [2.05, 4.69) is 199 Å². The van der Waals surface area contributed by atoms with Gasteiger partial charge in [0.2, 0.25) is 0 Å². The number of rotatable bonds is 4. The van der Waals surface area contributed by atoms with Crippen molar-refractivity contribution >= 4 is 64.9 Å². The van der Waals surface area contributed by atoms with Crippen LogP contribution in [0.4, 0.5) is 0 Å². The Hall–Kier alpha value is -7.03. The van der Waals surface area contributed by atoms with Crippen LogP contribution in [0.2, 0.25) is 0 Å². The predicted molar refractivity (Wildman–Crippen MR) is 225 cm³/mol. The molecule has 0 saturated carbocycles. The monoisotopic (exact) mass is 672 g/mol. The van der Waals surface area contributed by atoms with Gasteiger partial charge in [0, 0.05) is 11.3 Å². The van der Waals surface area contributed by atoms with Gasteiger partial charge in [-0.05, 0) is 113 Å². The summed E-state index contributed by atoms with van der Waals surface area (Å²) in [5.74, 6) is 0.938. The molecule has 0 N–H and O–H groups in total. The van der Waals surface area contributed by atoms with Crippen LogP contribution in [0.1, 0.15) is 0 Å². The lowest BCUT2D eigenvalue weighted by molar-refractivity contribution is 1.10. The third-order valence-corrected chi connectivity index (χ3v) is 11.0. The fourth-order valence-corrected chi connectivity index (χ4v) is 8.53. The number of hydrogen-bond acceptors (Lipinski definition) is 1. The van der Waals surface area contributed by atoms with Gasteiger partial charge >= 0.3 is 0 Å². The number of benzene rings is 10. The minimum Gasteiger partial charge on any atom is -0.292 e. The lowest BCUT2D eigenvalue weighted by atomic mass is 9.85. The molecule has 0 spiro atoms. The first-order chi connectivity index (χ1) is 26.3. The van der Waals surface area contributed by atoms with E-state index in [1.54, 1.807) is 0 Å². The molecule has 0 atom stereocenters. The standard InChI is InChI=1S/C51H32N2/c1-3-13-33(14-4-1)36-27-29-41-42-30-28-37(32-46(42)50-44-20-10-8-18-40(44)39-17-7-9-19-43(39)49(50)45(41)31-36)34-23-25-35(26-24-34)51-52-47-21-11-12-22-48(47)53(51)38-15-5-2-6-16-38/h1-32H. The number of imidazole rings is 1. The first kappa shape index (κ1) is 29.7. The van der Waals surface area contributed by atoms with Gasteiger partial charge in [0.25, 0.3) is 0 Å². The number of para-hydroxylation sites is 3. The highest BCUT2D eigenvalue weighted by molar-refractivity contribution is 6.39. The molecule has 0 bridgehead atoms. The fraction of sp³-hybridized carbons (Fsp3) is 0. The topological polar surface area (TPSA) is 17.8 Å². The molecule has 11 rings (SSSR count). The molecule has 0 aliphatic carbocycles. The zero-order valence-corrected chi connectivity index (χ0v) is 28.9. The Labute approximate surface area is 306 Å². The second kappa shape index (κ2) is 11.8. The zero-order chi connectivity index (χ0) is 34.9. The minimum atomic E-state index is 0.938. The summed E-state index contributed by atoms with van der Waals surface area (Å²) in [6.07, 6.45) is 0. The molecule has 246 valence electrons. The summed E-state index contributed by atoms with van der Waals surface area (Å²) >= 11 is 0. The van der Waals surface area contributed by atoms with E-state index in [0.717, 1.165) is 28.1 Å². The summed E-state index contributed by atoms with van der Waals surface area (Å²) in [7, 11) is 0. The maximum atomic E-state index is 5.11. The van der Waals surface area contributed by atoms with Crippen LogP contribution in [-0.4, -0.2) is 9.55 Å². The summed E-state index contributed by atoms with van der Waals surface area (Å²) < 4.78 is 2.26. The van der Waals surface area contributed by atoms with E-state index < -0.39 is 0 Å². The first-order valence-corrected chi connectivity index (χ1v) is 18.2. The van der Waals surface area contributed by atoms with Gasteiger partial charge in [-0.3, -0.25) is 4.57 Å². The van der Waals surface area contributed by atoms with Crippen molar-refractivity contribution in [2.45, 2.75) is 0 Å². The number of fused-ring (bicyclic) bond motifs is 12. The Kier molecular flexibility index (Phi) is 6.59. The molecule has 0 unspecified atom stereocenters. The van der Waals surface area contributed by atoms with E-state index >= 15 is 0 Å². The molecule has 0 fully saturated rings. The first-order valence-electron chi connectivity index (χ1n) is 18.2. The smallest absolute Gasteiger partial charge is 0.145 e. The van der Waals surface area contributed by atoms with Crippen molar-refractivity contribution in [2.75, 3.05) is 0 Å². The van der Waals surface area contributed by atoms with Gasteiger partial charge in [0.1, 0.15) is 5.82 Å². The van der Waals surface area contributed by atoms with E-state index in [1.165, 1.54) is 76.1 Å². The van der Waals surface area contributed by atoms with E-state index in [9.17, 15) is 0 Å². The van der Waals surface area contributed by atoms with E-state index in [-0.39, 0.29) is 0 Å². The van der Waals surface area contributed by atoms with Crippen molar-refractivity contribution in [3.05, 3.63) is 194 Å². The summed E-state index contributed by atoms with van der Waals surface area (Å²) in [6, 6.07) is 70.4. The average Bonchev–Trinajstić information content (AvgIpc) is 3.63. The highest BCUT2D eigenvalue weighted by Gasteiger charge is 2.18. The van der Waals surface area contributed by atoms with Crippen LogP contribution < -0.4 is 0 Å². The van der Waals surface area contributed by atoms with Gasteiger partial charge in [0.15, 0.2) is 0 Å². The van der Waals surface area contributed by atoms with Crippen molar-refractivity contribution < 1.29 is 0 Å². The molecule has 0 amide bonds. The maximum Gasteiger partial charge on any atom is 0.145 e. The van der Waals surface area contributed by atoms with Crippen molar-refractivity contribution in [3.8, 4) is 39.3 Å². The highest BCUT2D eigenvalue weighted by atomic mass is 15.1. The second-order valence-electron chi connectivity index (χ2n) is 13.9. The van der Waals surface area contributed by atoms with Crippen LogP contribution in [0.5, 0.6) is 0 Å². The number of nitrogens with zero attached hydrogens (tertiary/aromatic N) is 2. The van der Waals surface area contributed by atoms with E-state index in [0.29, 0.717) is 0 Å². The van der Waals surface area contributed by atoms with Crippen molar-refractivity contribution in [1.29, 1.82) is 0 Å². The van der Waals surface area contributed by atoms with E-state index in [1.807, 2.05) is 0 Å². The molecule has 0 aliphatic heterocycles. The van der Waals surface area contributed by atoms with Crippen LogP contribution in [0.3, 0.4) is 0 Å². The minimum absolute atomic E-state index is 0.938. The van der Waals surface area contributed by atoms with Crippen LogP contribution in [0.25, 0.3) is 104 Å². The van der Waals surface area contributed by atoms with Crippen molar-refractivity contribution in [3.63, 3.8) is 0 Å². The van der Waals surface area contributed by atoms with Crippen molar-refractivity contribution in [1.82, 2.24) is 9.55 Å². The van der Waals surface area contributed by atoms with Gasteiger partial charge in [-0.15, -0.1) is 0 Å². The van der Waals surface area contributed by atoms with Gasteiger partial charge in [-0.2, -0.15) is 0 Å². The zero-order valence-electron chi connectivity index (χ0n) is 28.9. The molecule has 53 heavy (non-hydrogen) atoms. The van der Waals surface area contributed by atoms with Crippen molar-refractivity contribution in [2.24, 2.45) is 0 Å². The Bertz CT molecular complexity index is 3190. The number of aromatic nitrogens is 2. The number of hydrogen-bond donors (Lipinski definition) is 0. The Morgan fingerprint density at radius 3 is 1.34 bits per heavy atom. The fourth-order valence-electron chi connectivity index (χ4n) is 8.53. The molecule has 2 heteroatoms. The predicted octanol–water partition coefficient (Wildman–Crippen LogP) is 13.8. The van der Waals surface area contributed by atoms with Gasteiger partial charge in [0.05, 0.1) is 11.0 Å². The summed E-state index contributed by atoms with van der Waals surface area (Å²) in [5, 5.41) is 12.9. The molecule has 1 heterocycles. The summed E-state index contributed by atoms with van der Waals surface area (Å²) in [5.41, 5.74) is 9.10. The molecule has 2 nitrogen and oxygen atoms in total. The normalized spacial score (nSPS) is 11.8. The lowest BCUT2D eigenvalue weighted by Crippen LogP contribution is -1.97. The SMILES string of the molecule is c1ccc(-c2ccc3c4ccc(-c5ccc(-c6nc7ccccc7n6-c6ccccc6)cc5)cc4c4c5ccccc5c5ccccc5c4c3c2)cc1. The van der Waals surface area contributed by atoms with E-state index in [4.69, 9.17) is 4.98 Å². The molecule has 0 saturated heterocycles.